The fourth-order valence-electron chi connectivity index (χ4n) is 2.55. The van der Waals surface area contributed by atoms with Gasteiger partial charge in [-0.25, -0.2) is 0 Å². The minimum atomic E-state index is -0.552. The first-order chi connectivity index (χ1) is 9.54. The highest BCUT2D eigenvalue weighted by molar-refractivity contribution is 5.42. The second-order valence-corrected chi connectivity index (χ2v) is 5.24. The lowest BCUT2D eigenvalue weighted by molar-refractivity contribution is 0.127. The zero-order valence-electron chi connectivity index (χ0n) is 13.1. The van der Waals surface area contributed by atoms with E-state index in [0.717, 1.165) is 35.3 Å². The quantitative estimate of drug-likeness (QED) is 0.682. The highest BCUT2D eigenvalue weighted by atomic mass is 16.5. The Bertz CT molecular complexity index is 398. The van der Waals surface area contributed by atoms with Crippen LogP contribution >= 0.6 is 0 Å². The van der Waals surface area contributed by atoms with Crippen molar-refractivity contribution in [3.05, 3.63) is 28.8 Å². The van der Waals surface area contributed by atoms with E-state index >= 15 is 0 Å². The zero-order chi connectivity index (χ0) is 15.1. The van der Waals surface area contributed by atoms with Gasteiger partial charge in [0, 0.05) is 6.04 Å². The predicted molar refractivity (Wildman–Crippen MR) is 83.2 cm³/mol. The Balaban J connectivity index is 2.99. The third-order valence-corrected chi connectivity index (χ3v) is 3.57. The van der Waals surface area contributed by atoms with Gasteiger partial charge in [-0.1, -0.05) is 6.92 Å². The number of ether oxygens (including phenoxy) is 1. The normalized spacial score (nSPS) is 14.1. The molecule has 0 saturated heterocycles. The molecular formula is C16H28N2O2. The highest BCUT2D eigenvalue weighted by Crippen LogP contribution is 2.29. The maximum absolute atomic E-state index is 10.6. The standard InChI is InChI=1S/C16H28N2O2/c1-5-8-20-13-9-11(2)15(12(3)10-13)16(19)14(18-4)6-7-17/h9-10,14,16,18-19H,5-8,17H2,1-4H3. The number of aliphatic hydroxyl groups excluding tert-OH is 1. The number of aryl methyl sites for hydroxylation is 2. The monoisotopic (exact) mass is 280 g/mol. The van der Waals surface area contributed by atoms with Crippen molar-refractivity contribution in [2.75, 3.05) is 20.2 Å². The maximum Gasteiger partial charge on any atom is 0.119 e. The summed E-state index contributed by atoms with van der Waals surface area (Å²) in [6.45, 7) is 7.38. The molecule has 1 rings (SSSR count). The van der Waals surface area contributed by atoms with Gasteiger partial charge in [0.25, 0.3) is 0 Å². The molecular weight excluding hydrogens is 252 g/mol. The lowest BCUT2D eigenvalue weighted by atomic mass is 9.92. The SMILES string of the molecule is CCCOc1cc(C)c(C(O)C(CCN)NC)c(C)c1. The number of aliphatic hydroxyl groups is 1. The van der Waals surface area contributed by atoms with Crippen LogP contribution < -0.4 is 15.8 Å². The van der Waals surface area contributed by atoms with Crippen LogP contribution in [0.25, 0.3) is 0 Å². The van der Waals surface area contributed by atoms with E-state index in [2.05, 4.69) is 12.2 Å². The maximum atomic E-state index is 10.6. The first-order valence-electron chi connectivity index (χ1n) is 7.34. The van der Waals surface area contributed by atoms with Gasteiger partial charge >= 0.3 is 0 Å². The molecule has 0 fully saturated rings. The van der Waals surface area contributed by atoms with Gasteiger partial charge < -0.3 is 20.9 Å². The van der Waals surface area contributed by atoms with Crippen LogP contribution in [0.4, 0.5) is 0 Å². The zero-order valence-corrected chi connectivity index (χ0v) is 13.1. The van der Waals surface area contributed by atoms with Gasteiger partial charge in [-0.05, 0) is 69.1 Å². The number of hydrogen-bond acceptors (Lipinski definition) is 4. The van der Waals surface area contributed by atoms with Crippen LogP contribution in [0.15, 0.2) is 12.1 Å². The molecule has 20 heavy (non-hydrogen) atoms. The summed E-state index contributed by atoms with van der Waals surface area (Å²) in [4.78, 5) is 0. The van der Waals surface area contributed by atoms with E-state index in [0.29, 0.717) is 13.2 Å². The van der Waals surface area contributed by atoms with Crippen LogP contribution in [0, 0.1) is 13.8 Å². The van der Waals surface area contributed by atoms with Crippen molar-refractivity contribution >= 4 is 0 Å². The minimum absolute atomic E-state index is 0.0280. The second kappa shape index (κ2) is 8.25. The molecule has 114 valence electrons. The van der Waals surface area contributed by atoms with Crippen LogP contribution in [0.1, 0.15) is 42.6 Å². The summed E-state index contributed by atoms with van der Waals surface area (Å²) in [6, 6.07) is 3.96. The van der Waals surface area contributed by atoms with Gasteiger partial charge in [0.05, 0.1) is 12.7 Å². The van der Waals surface area contributed by atoms with Crippen LogP contribution in [0.5, 0.6) is 5.75 Å². The van der Waals surface area contributed by atoms with E-state index < -0.39 is 6.10 Å². The number of rotatable bonds is 8. The van der Waals surface area contributed by atoms with E-state index in [1.807, 2.05) is 33.0 Å². The molecule has 4 N–H and O–H groups in total. The molecule has 0 heterocycles. The van der Waals surface area contributed by atoms with Gasteiger partial charge in [-0.2, -0.15) is 0 Å². The largest absolute Gasteiger partial charge is 0.494 e. The summed E-state index contributed by atoms with van der Waals surface area (Å²) in [5.74, 6) is 0.873. The molecule has 0 aliphatic carbocycles. The molecule has 0 spiro atoms. The number of nitrogens with one attached hydrogen (secondary N) is 1. The molecule has 1 aromatic carbocycles. The van der Waals surface area contributed by atoms with Crippen molar-refractivity contribution in [2.24, 2.45) is 5.73 Å². The van der Waals surface area contributed by atoms with E-state index in [-0.39, 0.29) is 6.04 Å². The van der Waals surface area contributed by atoms with Gasteiger partial charge in [0.1, 0.15) is 5.75 Å². The summed E-state index contributed by atoms with van der Waals surface area (Å²) in [7, 11) is 1.85. The Hall–Kier alpha value is -1.10. The van der Waals surface area contributed by atoms with Crippen LogP contribution in [0.3, 0.4) is 0 Å². The average molecular weight is 280 g/mol. The Kier molecular flexibility index (Phi) is 6.99. The molecule has 0 saturated carbocycles. The number of nitrogens with two attached hydrogens (primary N) is 1. The smallest absolute Gasteiger partial charge is 0.119 e. The molecule has 0 aromatic heterocycles. The van der Waals surface area contributed by atoms with E-state index in [4.69, 9.17) is 10.5 Å². The summed E-state index contributed by atoms with van der Waals surface area (Å²) < 4.78 is 5.67. The lowest BCUT2D eigenvalue weighted by Gasteiger charge is -2.25. The summed E-state index contributed by atoms with van der Waals surface area (Å²) >= 11 is 0. The summed E-state index contributed by atoms with van der Waals surface area (Å²) in [6.07, 6.45) is 1.18. The fraction of sp³-hybridized carbons (Fsp3) is 0.625. The van der Waals surface area contributed by atoms with Gasteiger partial charge in [-0.15, -0.1) is 0 Å². The van der Waals surface area contributed by atoms with Gasteiger partial charge in [0.15, 0.2) is 0 Å². The number of likely N-dealkylation sites (N-methyl/N-ethyl adjacent to an activating group) is 1. The molecule has 4 nitrogen and oxygen atoms in total. The van der Waals surface area contributed by atoms with Crippen molar-refractivity contribution < 1.29 is 9.84 Å². The first kappa shape index (κ1) is 17.0. The van der Waals surface area contributed by atoms with Crippen molar-refractivity contribution in [3.8, 4) is 5.75 Å². The third kappa shape index (κ3) is 4.20. The van der Waals surface area contributed by atoms with Crippen molar-refractivity contribution in [3.63, 3.8) is 0 Å². The molecule has 2 unspecified atom stereocenters. The molecule has 0 aliphatic heterocycles. The third-order valence-electron chi connectivity index (χ3n) is 3.57. The van der Waals surface area contributed by atoms with Crippen LogP contribution in [-0.2, 0) is 0 Å². The minimum Gasteiger partial charge on any atom is -0.494 e. The molecule has 1 aromatic rings. The topological polar surface area (TPSA) is 67.5 Å². The predicted octanol–water partition coefficient (Wildman–Crippen LogP) is 2.06. The molecule has 0 radical (unpaired) electrons. The van der Waals surface area contributed by atoms with E-state index in [1.54, 1.807) is 0 Å². The Morgan fingerprint density at radius 3 is 2.35 bits per heavy atom. The lowest BCUT2D eigenvalue weighted by Crippen LogP contribution is -2.34. The fourth-order valence-corrected chi connectivity index (χ4v) is 2.55. The highest BCUT2D eigenvalue weighted by Gasteiger charge is 2.22. The molecule has 4 heteroatoms. The number of benzene rings is 1. The Labute approximate surface area is 122 Å². The van der Waals surface area contributed by atoms with Gasteiger partial charge in [-0.3, -0.25) is 0 Å². The van der Waals surface area contributed by atoms with E-state index in [9.17, 15) is 5.11 Å². The van der Waals surface area contributed by atoms with Crippen molar-refractivity contribution in [2.45, 2.75) is 45.8 Å². The second-order valence-electron chi connectivity index (χ2n) is 5.24. The number of hydrogen-bond donors (Lipinski definition) is 3. The van der Waals surface area contributed by atoms with Crippen molar-refractivity contribution in [1.29, 1.82) is 0 Å². The molecule has 2 atom stereocenters. The average Bonchev–Trinajstić information content (AvgIpc) is 2.41. The summed E-state index contributed by atoms with van der Waals surface area (Å²) in [5.41, 5.74) is 8.69. The molecule has 0 amide bonds. The molecule has 0 aliphatic rings. The first-order valence-corrected chi connectivity index (χ1v) is 7.34. The van der Waals surface area contributed by atoms with Crippen LogP contribution in [-0.4, -0.2) is 31.3 Å². The summed E-state index contributed by atoms with van der Waals surface area (Å²) in [5, 5.41) is 13.7. The van der Waals surface area contributed by atoms with Gasteiger partial charge in [0.2, 0.25) is 0 Å². The van der Waals surface area contributed by atoms with Crippen LogP contribution in [0.2, 0.25) is 0 Å². The van der Waals surface area contributed by atoms with Crippen molar-refractivity contribution in [1.82, 2.24) is 5.32 Å². The Morgan fingerprint density at radius 1 is 1.30 bits per heavy atom. The molecule has 0 bridgehead atoms. The van der Waals surface area contributed by atoms with E-state index in [1.165, 1.54) is 0 Å². The Morgan fingerprint density at radius 2 is 1.90 bits per heavy atom.